The van der Waals surface area contributed by atoms with Crippen LogP contribution in [0.1, 0.15) is 11.5 Å². The van der Waals surface area contributed by atoms with Gasteiger partial charge >= 0.3 is 0 Å². The highest BCUT2D eigenvalue weighted by Crippen LogP contribution is 2.24. The van der Waals surface area contributed by atoms with Crippen molar-refractivity contribution in [1.29, 1.82) is 0 Å². The van der Waals surface area contributed by atoms with Crippen molar-refractivity contribution in [2.75, 3.05) is 19.9 Å². The van der Waals surface area contributed by atoms with Crippen molar-refractivity contribution in [3.05, 3.63) is 11.5 Å². The second-order valence-electron chi connectivity index (χ2n) is 3.37. The molecule has 1 aliphatic heterocycles. The van der Waals surface area contributed by atoms with Gasteiger partial charge in [0.05, 0.1) is 6.61 Å². The van der Waals surface area contributed by atoms with E-state index in [1.54, 1.807) is 13.8 Å². The molecule has 1 aromatic heterocycles. The van der Waals surface area contributed by atoms with Gasteiger partial charge in [0.15, 0.2) is 5.76 Å². The van der Waals surface area contributed by atoms with Gasteiger partial charge in [-0.2, -0.15) is 4.31 Å². The van der Waals surface area contributed by atoms with E-state index in [4.69, 9.17) is 9.26 Å². The highest BCUT2D eigenvalue weighted by Gasteiger charge is 2.32. The Bertz CT molecular complexity index is 439. The molecule has 0 unspecified atom stereocenters. The van der Waals surface area contributed by atoms with Crippen molar-refractivity contribution in [2.24, 2.45) is 0 Å². The Kier molecular flexibility index (Phi) is 2.53. The maximum Gasteiger partial charge on any atom is 0.250 e. The molecule has 84 valence electrons. The molecule has 0 spiro atoms. The van der Waals surface area contributed by atoms with Gasteiger partial charge < -0.3 is 9.26 Å². The zero-order valence-electron chi connectivity index (χ0n) is 8.56. The van der Waals surface area contributed by atoms with Crippen LogP contribution in [-0.2, 0) is 14.8 Å². The maximum absolute atomic E-state index is 12.1. The fourth-order valence-electron chi connectivity index (χ4n) is 1.56. The SMILES string of the molecule is Cc1noc(C)c1S(=O)(=O)N1CCOC1. The third-order valence-electron chi connectivity index (χ3n) is 2.29. The Balaban J connectivity index is 2.45. The summed E-state index contributed by atoms with van der Waals surface area (Å²) < 4.78 is 35.3. The van der Waals surface area contributed by atoms with Crippen LogP contribution in [-0.4, -0.2) is 37.8 Å². The summed E-state index contributed by atoms with van der Waals surface area (Å²) in [5.41, 5.74) is 0.388. The number of hydrogen-bond donors (Lipinski definition) is 0. The van der Waals surface area contributed by atoms with Crippen LogP contribution >= 0.6 is 0 Å². The summed E-state index contributed by atoms with van der Waals surface area (Å²) in [4.78, 5) is 0.160. The lowest BCUT2D eigenvalue weighted by atomic mass is 10.4. The van der Waals surface area contributed by atoms with Crippen molar-refractivity contribution >= 4 is 10.0 Å². The Morgan fingerprint density at radius 1 is 1.40 bits per heavy atom. The number of nitrogens with zero attached hydrogens (tertiary/aromatic N) is 2. The van der Waals surface area contributed by atoms with Crippen LogP contribution in [0.15, 0.2) is 9.42 Å². The molecule has 1 aromatic rings. The van der Waals surface area contributed by atoms with E-state index in [0.717, 1.165) is 0 Å². The van der Waals surface area contributed by atoms with Crippen LogP contribution in [0.5, 0.6) is 0 Å². The molecule has 0 aromatic carbocycles. The first-order valence-corrected chi connectivity index (χ1v) is 5.98. The number of hydrogen-bond acceptors (Lipinski definition) is 5. The third-order valence-corrected chi connectivity index (χ3v) is 4.35. The Hall–Kier alpha value is -0.920. The van der Waals surface area contributed by atoms with Crippen molar-refractivity contribution in [2.45, 2.75) is 18.7 Å². The monoisotopic (exact) mass is 232 g/mol. The lowest BCUT2D eigenvalue weighted by Gasteiger charge is -2.12. The molecule has 0 radical (unpaired) electrons. The quantitative estimate of drug-likeness (QED) is 0.731. The normalized spacial score (nSPS) is 18.5. The van der Waals surface area contributed by atoms with Crippen LogP contribution in [0.3, 0.4) is 0 Å². The zero-order valence-corrected chi connectivity index (χ0v) is 9.37. The van der Waals surface area contributed by atoms with Gasteiger partial charge in [-0.3, -0.25) is 0 Å². The van der Waals surface area contributed by atoms with Crippen LogP contribution < -0.4 is 0 Å². The predicted molar refractivity (Wildman–Crippen MR) is 50.7 cm³/mol. The standard InChI is InChI=1S/C8H12N2O4S/c1-6-8(7(2)14-9-6)15(11,12)10-3-4-13-5-10/h3-5H2,1-2H3. The molecular weight excluding hydrogens is 220 g/mol. The van der Waals surface area contributed by atoms with E-state index >= 15 is 0 Å². The molecule has 0 N–H and O–H groups in total. The Labute approximate surface area is 87.8 Å². The molecule has 2 heterocycles. The second-order valence-corrected chi connectivity index (χ2v) is 5.25. The minimum absolute atomic E-state index is 0.104. The van der Waals surface area contributed by atoms with E-state index in [9.17, 15) is 8.42 Å². The van der Waals surface area contributed by atoms with Gasteiger partial charge in [-0.25, -0.2) is 8.42 Å². The molecule has 7 heteroatoms. The molecule has 15 heavy (non-hydrogen) atoms. The smallest absolute Gasteiger partial charge is 0.250 e. The van der Waals surface area contributed by atoms with E-state index < -0.39 is 10.0 Å². The largest absolute Gasteiger partial charge is 0.364 e. The summed E-state index contributed by atoms with van der Waals surface area (Å²) >= 11 is 0. The summed E-state index contributed by atoms with van der Waals surface area (Å²) in [7, 11) is -3.50. The molecule has 6 nitrogen and oxygen atoms in total. The maximum atomic E-state index is 12.1. The van der Waals surface area contributed by atoms with Gasteiger partial charge in [-0.05, 0) is 13.8 Å². The fourth-order valence-corrected chi connectivity index (χ4v) is 3.16. The molecule has 2 rings (SSSR count). The lowest BCUT2D eigenvalue weighted by molar-refractivity contribution is 0.172. The average Bonchev–Trinajstić information content (AvgIpc) is 2.75. The van der Waals surface area contributed by atoms with Crippen LogP contribution in [0.25, 0.3) is 0 Å². The number of rotatable bonds is 2. The van der Waals surface area contributed by atoms with Gasteiger partial charge in [0.25, 0.3) is 10.0 Å². The molecule has 1 saturated heterocycles. The lowest BCUT2D eigenvalue weighted by Crippen LogP contribution is -2.29. The van der Waals surface area contributed by atoms with Gasteiger partial charge in [0.2, 0.25) is 0 Å². The fraction of sp³-hybridized carbons (Fsp3) is 0.625. The molecule has 0 saturated carbocycles. The molecule has 0 atom stereocenters. The summed E-state index contributed by atoms with van der Waals surface area (Å²) in [6.07, 6.45) is 0. The van der Waals surface area contributed by atoms with E-state index in [2.05, 4.69) is 5.16 Å². The van der Waals surface area contributed by atoms with E-state index in [1.807, 2.05) is 0 Å². The predicted octanol–water partition coefficient (Wildman–Crippen LogP) is 0.270. The number of aromatic nitrogens is 1. The van der Waals surface area contributed by atoms with E-state index in [1.165, 1.54) is 4.31 Å². The molecule has 1 fully saturated rings. The molecule has 0 aliphatic carbocycles. The van der Waals surface area contributed by atoms with Crippen molar-refractivity contribution in [3.63, 3.8) is 0 Å². The number of ether oxygens (including phenoxy) is 1. The van der Waals surface area contributed by atoms with Crippen LogP contribution in [0.2, 0.25) is 0 Å². The van der Waals surface area contributed by atoms with Crippen LogP contribution in [0, 0.1) is 13.8 Å². The highest BCUT2D eigenvalue weighted by atomic mass is 32.2. The van der Waals surface area contributed by atoms with E-state index in [0.29, 0.717) is 24.6 Å². The molecule has 1 aliphatic rings. The molecule has 0 bridgehead atoms. The first-order valence-electron chi connectivity index (χ1n) is 4.54. The second kappa shape index (κ2) is 3.58. The minimum Gasteiger partial charge on any atom is -0.364 e. The number of sulfonamides is 1. The minimum atomic E-state index is -3.50. The summed E-state index contributed by atoms with van der Waals surface area (Å²) in [5, 5.41) is 3.63. The van der Waals surface area contributed by atoms with Crippen molar-refractivity contribution in [1.82, 2.24) is 9.46 Å². The van der Waals surface area contributed by atoms with Crippen molar-refractivity contribution < 1.29 is 17.7 Å². The topological polar surface area (TPSA) is 72.6 Å². The first kappa shape index (κ1) is 10.6. The Morgan fingerprint density at radius 2 is 2.13 bits per heavy atom. The first-order chi connectivity index (χ1) is 7.03. The van der Waals surface area contributed by atoms with Crippen LogP contribution in [0.4, 0.5) is 0 Å². The summed E-state index contributed by atoms with van der Waals surface area (Å²) in [5.74, 6) is 0.319. The van der Waals surface area contributed by atoms with Gasteiger partial charge in [0.1, 0.15) is 17.3 Å². The van der Waals surface area contributed by atoms with Crippen molar-refractivity contribution in [3.8, 4) is 0 Å². The zero-order chi connectivity index (χ0) is 11.1. The molecule has 0 amide bonds. The van der Waals surface area contributed by atoms with E-state index in [-0.39, 0.29) is 11.6 Å². The van der Waals surface area contributed by atoms with Gasteiger partial charge in [-0.1, -0.05) is 5.16 Å². The average molecular weight is 232 g/mol. The third kappa shape index (κ3) is 1.66. The van der Waals surface area contributed by atoms with Gasteiger partial charge in [-0.15, -0.1) is 0 Å². The number of aryl methyl sites for hydroxylation is 2. The van der Waals surface area contributed by atoms with Gasteiger partial charge in [0, 0.05) is 6.54 Å². The Morgan fingerprint density at radius 3 is 2.60 bits per heavy atom. The summed E-state index contributed by atoms with van der Waals surface area (Å²) in [6.45, 7) is 4.12. The summed E-state index contributed by atoms with van der Waals surface area (Å²) in [6, 6.07) is 0. The highest BCUT2D eigenvalue weighted by molar-refractivity contribution is 7.89. The molecular formula is C8H12N2O4S.